The molecule has 1 aliphatic carbocycles. The van der Waals surface area contributed by atoms with E-state index in [2.05, 4.69) is 12.2 Å². The Hall–Kier alpha value is -2.53. The van der Waals surface area contributed by atoms with Crippen LogP contribution in [-0.2, 0) is 44.8 Å². The molecule has 5 aliphatic rings. The third-order valence-corrected chi connectivity index (χ3v) is 8.82. The van der Waals surface area contributed by atoms with Crippen LogP contribution in [-0.4, -0.2) is 53.0 Å². The summed E-state index contributed by atoms with van der Waals surface area (Å²) >= 11 is 0. The lowest BCUT2D eigenvalue weighted by Crippen LogP contribution is -2.70. The molecule has 9 atom stereocenters. The number of rotatable bonds is 8. The first-order valence-electron chi connectivity index (χ1n) is 13.6. The molecule has 4 heterocycles. The van der Waals surface area contributed by atoms with Crippen molar-refractivity contribution in [2.45, 2.75) is 95.7 Å². The molecule has 1 aromatic carbocycles. The van der Waals surface area contributed by atoms with Crippen LogP contribution < -0.4 is 5.32 Å². The number of amides is 1. The molecule has 2 N–H and O–H groups in total. The summed E-state index contributed by atoms with van der Waals surface area (Å²) in [5.41, 5.74) is 0.0401. The van der Waals surface area contributed by atoms with Crippen molar-refractivity contribution < 1.29 is 43.5 Å². The Bertz CT molecular complexity index is 1050. The van der Waals surface area contributed by atoms with E-state index in [1.54, 1.807) is 24.3 Å². The van der Waals surface area contributed by atoms with E-state index >= 15 is 0 Å². The van der Waals surface area contributed by atoms with Crippen LogP contribution in [0.25, 0.3) is 0 Å². The van der Waals surface area contributed by atoms with E-state index in [1.807, 2.05) is 19.9 Å². The van der Waals surface area contributed by atoms with Crippen molar-refractivity contribution in [1.29, 1.82) is 0 Å². The van der Waals surface area contributed by atoms with Gasteiger partial charge in [-0.3, -0.25) is 9.59 Å². The molecule has 1 spiro atoms. The zero-order valence-electron chi connectivity index (χ0n) is 22.1. The molecular formula is C28H37NO9. The van der Waals surface area contributed by atoms with Crippen molar-refractivity contribution in [2.24, 2.45) is 23.7 Å². The molecule has 1 saturated carbocycles. The molecule has 4 aliphatic heterocycles. The predicted molar refractivity (Wildman–Crippen MR) is 132 cm³/mol. The standard InChI is InChI=1S/C28H37NO9/c1-16-9-10-20-17(2)25(35-26-28(20)19(16)13-14-27(3,36-26)37-38-28)34-23(31)12-11-22(30)29-21(24(32)33)15-18-7-5-4-6-8-18/h4-8,16-17,19-21,25-26H,9-15H2,1-3H3,(H,29,30)(H,32,33)/t16-,17-,19+,20+,21+,25-,26-,27+,28+/m1/s1. The molecule has 10 nitrogen and oxygen atoms in total. The van der Waals surface area contributed by atoms with Gasteiger partial charge in [-0.15, -0.1) is 0 Å². The molecule has 2 bridgehead atoms. The number of esters is 1. The largest absolute Gasteiger partial charge is 0.480 e. The zero-order valence-corrected chi connectivity index (χ0v) is 22.1. The maximum absolute atomic E-state index is 12.8. The average Bonchev–Trinajstić information content (AvgIpc) is 3.12. The summed E-state index contributed by atoms with van der Waals surface area (Å²) in [7, 11) is 0. The lowest BCUT2D eigenvalue weighted by atomic mass is 9.58. The Morgan fingerprint density at radius 2 is 1.84 bits per heavy atom. The Morgan fingerprint density at radius 3 is 2.58 bits per heavy atom. The highest BCUT2D eigenvalue weighted by Gasteiger charge is 2.69. The molecule has 38 heavy (non-hydrogen) atoms. The molecule has 0 radical (unpaired) electrons. The first-order valence-corrected chi connectivity index (χ1v) is 13.6. The van der Waals surface area contributed by atoms with Gasteiger partial charge in [-0.2, -0.15) is 0 Å². The number of carbonyl (C=O) groups excluding carboxylic acids is 2. The van der Waals surface area contributed by atoms with Gasteiger partial charge in [-0.25, -0.2) is 14.6 Å². The highest BCUT2D eigenvalue weighted by atomic mass is 17.3. The Labute approximate surface area is 222 Å². The lowest BCUT2D eigenvalue weighted by Gasteiger charge is -2.59. The number of ether oxygens (including phenoxy) is 3. The summed E-state index contributed by atoms with van der Waals surface area (Å²) < 4.78 is 18.2. The van der Waals surface area contributed by atoms with Crippen molar-refractivity contribution in [3.8, 4) is 0 Å². The van der Waals surface area contributed by atoms with Crippen molar-refractivity contribution in [2.75, 3.05) is 0 Å². The molecule has 1 aromatic rings. The van der Waals surface area contributed by atoms with Gasteiger partial charge >= 0.3 is 11.9 Å². The van der Waals surface area contributed by atoms with Gasteiger partial charge in [0.2, 0.25) is 18.0 Å². The Kier molecular flexibility index (Phi) is 7.52. The predicted octanol–water partition coefficient (Wildman–Crippen LogP) is 3.33. The highest BCUT2D eigenvalue weighted by molar-refractivity contribution is 5.86. The molecular weight excluding hydrogens is 494 g/mol. The fourth-order valence-electron chi connectivity index (χ4n) is 6.73. The molecule has 6 rings (SSSR count). The molecule has 0 unspecified atom stereocenters. The number of carboxylic acids is 1. The van der Waals surface area contributed by atoms with Crippen molar-refractivity contribution in [3.63, 3.8) is 0 Å². The van der Waals surface area contributed by atoms with E-state index in [0.717, 1.165) is 24.8 Å². The molecule has 1 amide bonds. The summed E-state index contributed by atoms with van der Waals surface area (Å²) in [6.45, 7) is 6.05. The summed E-state index contributed by atoms with van der Waals surface area (Å²) in [5.74, 6) is -2.72. The number of nitrogens with one attached hydrogen (secondary N) is 1. The minimum absolute atomic E-state index is 0.0144. The molecule has 5 fully saturated rings. The van der Waals surface area contributed by atoms with E-state index in [4.69, 9.17) is 24.0 Å². The van der Waals surface area contributed by atoms with Crippen molar-refractivity contribution >= 4 is 17.8 Å². The quantitative estimate of drug-likeness (QED) is 0.383. The van der Waals surface area contributed by atoms with E-state index < -0.39 is 47.9 Å². The van der Waals surface area contributed by atoms with Crippen LogP contribution in [0.15, 0.2) is 30.3 Å². The second-order valence-corrected chi connectivity index (χ2v) is 11.4. The van der Waals surface area contributed by atoms with E-state index in [-0.39, 0.29) is 37.0 Å². The van der Waals surface area contributed by atoms with Gasteiger partial charge in [0.05, 0.1) is 6.42 Å². The zero-order chi connectivity index (χ0) is 27.1. The van der Waals surface area contributed by atoms with Crippen LogP contribution in [0, 0.1) is 23.7 Å². The molecule has 208 valence electrons. The number of fused-ring (bicyclic) bond motifs is 2. The highest BCUT2D eigenvalue weighted by Crippen LogP contribution is 2.60. The minimum atomic E-state index is -1.14. The van der Waals surface area contributed by atoms with Crippen LogP contribution in [0.4, 0.5) is 0 Å². The lowest BCUT2D eigenvalue weighted by molar-refractivity contribution is -0.576. The first-order chi connectivity index (χ1) is 18.1. The van der Waals surface area contributed by atoms with Crippen molar-refractivity contribution in [3.05, 3.63) is 35.9 Å². The monoisotopic (exact) mass is 531 g/mol. The number of carboxylic acid groups (broad SMARTS) is 1. The van der Waals surface area contributed by atoms with Gasteiger partial charge in [0.15, 0.2) is 11.9 Å². The second kappa shape index (κ2) is 10.6. The van der Waals surface area contributed by atoms with E-state index in [0.29, 0.717) is 12.3 Å². The second-order valence-electron chi connectivity index (χ2n) is 11.4. The van der Waals surface area contributed by atoms with Crippen LogP contribution in [0.5, 0.6) is 0 Å². The number of aliphatic carboxylic acids is 1. The molecule has 10 heteroatoms. The number of hydrogen-bond acceptors (Lipinski definition) is 8. The first kappa shape index (κ1) is 27.1. The maximum Gasteiger partial charge on any atom is 0.326 e. The number of carbonyl (C=O) groups is 3. The summed E-state index contributed by atoms with van der Waals surface area (Å²) in [6, 6.07) is 7.95. The number of hydrogen-bond donors (Lipinski definition) is 2. The van der Waals surface area contributed by atoms with E-state index in [9.17, 15) is 19.5 Å². The van der Waals surface area contributed by atoms with Gasteiger partial charge in [-0.05, 0) is 43.6 Å². The van der Waals surface area contributed by atoms with Crippen molar-refractivity contribution in [1.82, 2.24) is 5.32 Å². The fourth-order valence-corrected chi connectivity index (χ4v) is 6.73. The van der Waals surface area contributed by atoms with Gasteiger partial charge in [0, 0.05) is 31.1 Å². The van der Waals surface area contributed by atoms with Gasteiger partial charge in [0.1, 0.15) is 6.04 Å². The number of benzene rings is 1. The summed E-state index contributed by atoms with van der Waals surface area (Å²) in [4.78, 5) is 48.8. The summed E-state index contributed by atoms with van der Waals surface area (Å²) in [5, 5.41) is 12.0. The topological polar surface area (TPSA) is 130 Å². The SMILES string of the molecule is C[C@H]1[C@H](OC(=O)CCC(=O)N[C@@H](Cc2ccccc2)C(=O)O)O[C@@H]2O[C@]3(C)CC[C@H]4[C@H](C)CC[C@@H]1[C@]24OO3. The van der Waals surface area contributed by atoms with Crippen LogP contribution in [0.1, 0.15) is 64.9 Å². The van der Waals surface area contributed by atoms with Gasteiger partial charge in [-0.1, -0.05) is 44.2 Å². The van der Waals surface area contributed by atoms with Gasteiger partial charge in [0.25, 0.3) is 0 Å². The fraction of sp³-hybridized carbons (Fsp3) is 0.679. The smallest absolute Gasteiger partial charge is 0.326 e. The van der Waals surface area contributed by atoms with Crippen LogP contribution in [0.2, 0.25) is 0 Å². The summed E-state index contributed by atoms with van der Waals surface area (Å²) in [6.07, 6.45) is 1.67. The molecule has 4 saturated heterocycles. The molecule has 0 aromatic heterocycles. The minimum Gasteiger partial charge on any atom is -0.480 e. The normalized spacial score (nSPS) is 38.4. The maximum atomic E-state index is 12.8. The Morgan fingerprint density at radius 1 is 1.08 bits per heavy atom. The van der Waals surface area contributed by atoms with E-state index in [1.165, 1.54) is 0 Å². The van der Waals surface area contributed by atoms with Gasteiger partial charge < -0.3 is 24.6 Å². The average molecular weight is 532 g/mol. The third-order valence-electron chi connectivity index (χ3n) is 8.82. The van der Waals surface area contributed by atoms with Crippen LogP contribution >= 0.6 is 0 Å². The van der Waals surface area contributed by atoms with Crippen LogP contribution in [0.3, 0.4) is 0 Å². The Balaban J connectivity index is 1.19. The third kappa shape index (κ3) is 5.06.